The van der Waals surface area contributed by atoms with Gasteiger partial charge >= 0.3 is 5.97 Å². The number of hydrogen-bond acceptors (Lipinski definition) is 3. The van der Waals surface area contributed by atoms with Crippen LogP contribution in [0.25, 0.3) is 0 Å². The Labute approximate surface area is 75.6 Å². The van der Waals surface area contributed by atoms with Crippen LogP contribution in [0.15, 0.2) is 6.20 Å². The minimum absolute atomic E-state index is 0. The maximum absolute atomic E-state index is 10.2. The van der Waals surface area contributed by atoms with E-state index in [1.807, 2.05) is 0 Å². The first-order valence-corrected chi connectivity index (χ1v) is 3.11. The first-order valence-electron chi connectivity index (χ1n) is 3.11. The highest BCUT2D eigenvalue weighted by Gasteiger charge is 2.05. The number of carboxylic acid groups (broad SMARTS) is 1. The number of carbonyl (C=O) groups is 1. The van der Waals surface area contributed by atoms with Gasteiger partial charge in [-0.2, -0.15) is 5.10 Å². The fourth-order valence-electron chi connectivity index (χ4n) is 0.748. The molecule has 1 rings (SSSR count). The molecule has 0 aromatic carbocycles. The molecule has 0 amide bonds. The normalized spacial score (nSPS) is 9.08. The molecule has 0 bridgehead atoms. The van der Waals surface area contributed by atoms with Crippen molar-refractivity contribution in [3.63, 3.8) is 0 Å². The van der Waals surface area contributed by atoms with Gasteiger partial charge in [-0.15, -0.1) is 12.4 Å². The number of nitrogen functional groups attached to an aromatic ring is 1. The van der Waals surface area contributed by atoms with Crippen LogP contribution in [0.3, 0.4) is 0 Å². The van der Waals surface area contributed by atoms with E-state index in [1.54, 1.807) is 6.92 Å². The first kappa shape index (κ1) is 10.8. The molecule has 3 N–H and O–H groups in total. The van der Waals surface area contributed by atoms with Crippen LogP contribution in [0, 0.1) is 6.92 Å². The first-order chi connectivity index (χ1) is 5.11. The minimum atomic E-state index is -0.920. The van der Waals surface area contributed by atoms with Crippen LogP contribution in [-0.4, -0.2) is 20.9 Å². The zero-order valence-corrected chi connectivity index (χ0v) is 7.34. The largest absolute Gasteiger partial charge is 0.480 e. The summed E-state index contributed by atoms with van der Waals surface area (Å²) < 4.78 is 1.34. The number of nitrogens with two attached hydrogens (primary N) is 1. The van der Waals surface area contributed by atoms with E-state index in [1.165, 1.54) is 10.9 Å². The van der Waals surface area contributed by atoms with E-state index in [0.29, 0.717) is 11.4 Å². The van der Waals surface area contributed by atoms with Crippen LogP contribution in [0.2, 0.25) is 0 Å². The molecule has 0 aliphatic carbocycles. The van der Waals surface area contributed by atoms with Gasteiger partial charge in [-0.25, -0.2) is 0 Å². The average molecular weight is 192 g/mol. The molecule has 0 spiro atoms. The maximum Gasteiger partial charge on any atom is 0.325 e. The molecule has 6 heteroatoms. The third-order valence-corrected chi connectivity index (χ3v) is 1.43. The van der Waals surface area contributed by atoms with Crippen molar-refractivity contribution in [1.29, 1.82) is 0 Å². The molecular weight excluding hydrogens is 182 g/mol. The second-order valence-corrected chi connectivity index (χ2v) is 2.24. The number of aromatic nitrogens is 2. The van der Waals surface area contributed by atoms with E-state index in [0.717, 1.165) is 0 Å². The molecule has 0 aliphatic heterocycles. The Balaban J connectivity index is 0.00000121. The molecule has 68 valence electrons. The Morgan fingerprint density at radius 1 is 1.83 bits per heavy atom. The molecule has 0 saturated carbocycles. The average Bonchev–Trinajstić information content (AvgIpc) is 2.18. The third-order valence-electron chi connectivity index (χ3n) is 1.43. The topological polar surface area (TPSA) is 81.1 Å². The number of halogens is 1. The molecule has 12 heavy (non-hydrogen) atoms. The van der Waals surface area contributed by atoms with Crippen LogP contribution in [0.1, 0.15) is 5.69 Å². The summed E-state index contributed by atoms with van der Waals surface area (Å²) in [6, 6.07) is 0. The van der Waals surface area contributed by atoms with Crippen LogP contribution in [0.4, 0.5) is 5.69 Å². The van der Waals surface area contributed by atoms with Gasteiger partial charge in [-0.1, -0.05) is 0 Å². The highest BCUT2D eigenvalue weighted by atomic mass is 35.5. The van der Waals surface area contributed by atoms with E-state index in [2.05, 4.69) is 5.10 Å². The van der Waals surface area contributed by atoms with Crippen molar-refractivity contribution < 1.29 is 9.90 Å². The Bertz CT molecular complexity index is 284. The molecule has 0 aliphatic rings. The summed E-state index contributed by atoms with van der Waals surface area (Å²) in [6.45, 7) is 1.59. The number of aliphatic carboxylic acids is 1. The molecule has 1 aromatic heterocycles. The van der Waals surface area contributed by atoms with Crippen molar-refractivity contribution in [2.24, 2.45) is 0 Å². The summed E-state index contributed by atoms with van der Waals surface area (Å²) in [5, 5.41) is 12.2. The van der Waals surface area contributed by atoms with Gasteiger partial charge in [0.05, 0.1) is 17.6 Å². The van der Waals surface area contributed by atoms with Crippen LogP contribution < -0.4 is 5.73 Å². The zero-order valence-electron chi connectivity index (χ0n) is 6.52. The van der Waals surface area contributed by atoms with E-state index in [4.69, 9.17) is 10.8 Å². The summed E-state index contributed by atoms with van der Waals surface area (Å²) in [7, 11) is 0. The van der Waals surface area contributed by atoms with Crippen molar-refractivity contribution in [2.75, 3.05) is 5.73 Å². The molecular formula is C6H10ClN3O2. The number of hydrogen-bond donors (Lipinski definition) is 2. The Hall–Kier alpha value is -1.23. The fraction of sp³-hybridized carbons (Fsp3) is 0.333. The molecule has 0 saturated heterocycles. The lowest BCUT2D eigenvalue weighted by atomic mass is 10.4. The lowest BCUT2D eigenvalue weighted by molar-refractivity contribution is -0.137. The van der Waals surface area contributed by atoms with E-state index >= 15 is 0 Å². The lowest BCUT2D eigenvalue weighted by Crippen LogP contribution is -2.11. The monoisotopic (exact) mass is 191 g/mol. The Morgan fingerprint density at radius 2 is 2.42 bits per heavy atom. The quantitative estimate of drug-likeness (QED) is 0.704. The SMILES string of the molecule is Cc1c(N)cnn1CC(=O)O.Cl. The van der Waals surface area contributed by atoms with Gasteiger partial charge in [0.1, 0.15) is 6.54 Å². The number of carboxylic acids is 1. The summed E-state index contributed by atoms with van der Waals surface area (Å²) in [5.41, 5.74) is 6.65. The molecule has 1 aromatic rings. The predicted molar refractivity (Wildman–Crippen MR) is 46.3 cm³/mol. The molecule has 1 heterocycles. The van der Waals surface area contributed by atoms with Crippen molar-refractivity contribution in [3.8, 4) is 0 Å². The standard InChI is InChI=1S/C6H9N3O2.ClH/c1-4-5(7)2-8-9(4)3-6(10)11;/h2H,3,7H2,1H3,(H,10,11);1H. The maximum atomic E-state index is 10.2. The highest BCUT2D eigenvalue weighted by molar-refractivity contribution is 5.85. The molecule has 0 fully saturated rings. The van der Waals surface area contributed by atoms with Gasteiger partial charge in [0, 0.05) is 0 Å². The van der Waals surface area contributed by atoms with E-state index in [9.17, 15) is 4.79 Å². The smallest absolute Gasteiger partial charge is 0.325 e. The van der Waals surface area contributed by atoms with Gasteiger partial charge in [0.15, 0.2) is 0 Å². The van der Waals surface area contributed by atoms with Gasteiger partial charge in [-0.05, 0) is 6.92 Å². The van der Waals surface area contributed by atoms with Crippen molar-refractivity contribution >= 4 is 24.1 Å². The second kappa shape index (κ2) is 3.96. The van der Waals surface area contributed by atoms with Gasteiger partial charge in [0.2, 0.25) is 0 Å². The number of anilines is 1. The van der Waals surface area contributed by atoms with Crippen LogP contribution in [0.5, 0.6) is 0 Å². The van der Waals surface area contributed by atoms with Crippen molar-refractivity contribution in [3.05, 3.63) is 11.9 Å². The number of rotatable bonds is 2. The highest BCUT2D eigenvalue weighted by Crippen LogP contribution is 2.07. The Morgan fingerprint density at radius 3 is 2.75 bits per heavy atom. The molecule has 0 unspecified atom stereocenters. The summed E-state index contributed by atoms with van der Waals surface area (Å²) in [5.74, 6) is -0.920. The van der Waals surface area contributed by atoms with Crippen molar-refractivity contribution in [2.45, 2.75) is 13.5 Å². The molecule has 0 atom stereocenters. The third kappa shape index (κ3) is 2.13. The predicted octanol–water partition coefficient (Wildman–Crippen LogP) is 0.280. The van der Waals surface area contributed by atoms with Gasteiger partial charge in [0.25, 0.3) is 0 Å². The van der Waals surface area contributed by atoms with Gasteiger partial charge < -0.3 is 10.8 Å². The van der Waals surface area contributed by atoms with Gasteiger partial charge in [-0.3, -0.25) is 9.48 Å². The van der Waals surface area contributed by atoms with Crippen LogP contribution in [-0.2, 0) is 11.3 Å². The molecule has 5 nitrogen and oxygen atoms in total. The van der Waals surface area contributed by atoms with E-state index in [-0.39, 0.29) is 19.0 Å². The minimum Gasteiger partial charge on any atom is -0.480 e. The van der Waals surface area contributed by atoms with E-state index < -0.39 is 5.97 Å². The summed E-state index contributed by atoms with van der Waals surface area (Å²) >= 11 is 0. The second-order valence-electron chi connectivity index (χ2n) is 2.24. The fourth-order valence-corrected chi connectivity index (χ4v) is 0.748. The lowest BCUT2D eigenvalue weighted by Gasteiger charge is -1.98. The molecule has 0 radical (unpaired) electrons. The van der Waals surface area contributed by atoms with Crippen molar-refractivity contribution in [1.82, 2.24) is 9.78 Å². The zero-order chi connectivity index (χ0) is 8.43. The summed E-state index contributed by atoms with van der Waals surface area (Å²) in [6.07, 6.45) is 1.44. The summed E-state index contributed by atoms with van der Waals surface area (Å²) in [4.78, 5) is 10.2. The number of nitrogens with zero attached hydrogens (tertiary/aromatic N) is 2. The Kier molecular flexibility index (Phi) is 3.56. The van der Waals surface area contributed by atoms with Crippen LogP contribution >= 0.6 is 12.4 Å².